The van der Waals surface area contributed by atoms with E-state index in [2.05, 4.69) is 46.9 Å². The van der Waals surface area contributed by atoms with Gasteiger partial charge in [0.05, 0.1) is 5.92 Å². The van der Waals surface area contributed by atoms with Gasteiger partial charge in [-0.15, -0.1) is 6.58 Å². The van der Waals surface area contributed by atoms with Gasteiger partial charge in [-0.3, -0.25) is 4.79 Å². The minimum Gasteiger partial charge on any atom is -0.457 e. The van der Waals surface area contributed by atoms with Gasteiger partial charge in [0.25, 0.3) is 0 Å². The molecule has 1 fully saturated rings. The molecule has 3 atom stereocenters. The van der Waals surface area contributed by atoms with Crippen LogP contribution in [0.25, 0.3) is 0 Å². The lowest BCUT2D eigenvalue weighted by Gasteiger charge is -2.14. The first-order chi connectivity index (χ1) is 10.2. The standard InChI is InChI=1S/C20H28O2/c1-8-9-15-13(4)11-17(14(15)5)22-19(21)18-16(10-12(2)3)20(18,6)7/h8,10,16-18H,1,4,9,11H2,2-3,5-7H3/t16-,17-,18+/m1/s1. The first-order valence-electron chi connectivity index (χ1n) is 8.04. The number of esters is 1. The minimum absolute atomic E-state index is 0.00549. The largest absolute Gasteiger partial charge is 0.457 e. The van der Waals surface area contributed by atoms with E-state index in [1.807, 2.05) is 13.0 Å². The Kier molecular flexibility index (Phi) is 4.51. The van der Waals surface area contributed by atoms with E-state index in [0.29, 0.717) is 5.92 Å². The Bertz CT molecular complexity index is 571. The monoisotopic (exact) mass is 300 g/mol. The van der Waals surface area contributed by atoms with Crippen molar-refractivity contribution in [1.29, 1.82) is 0 Å². The summed E-state index contributed by atoms with van der Waals surface area (Å²) < 4.78 is 5.82. The lowest BCUT2D eigenvalue weighted by molar-refractivity contribution is -0.149. The van der Waals surface area contributed by atoms with E-state index in [1.54, 1.807) is 0 Å². The van der Waals surface area contributed by atoms with Crippen LogP contribution in [-0.2, 0) is 9.53 Å². The summed E-state index contributed by atoms with van der Waals surface area (Å²) in [5.74, 6) is 0.211. The average molecular weight is 300 g/mol. The second-order valence-electron chi connectivity index (χ2n) is 7.46. The van der Waals surface area contributed by atoms with Gasteiger partial charge in [0.1, 0.15) is 6.10 Å². The second-order valence-corrected chi connectivity index (χ2v) is 7.46. The summed E-state index contributed by atoms with van der Waals surface area (Å²) in [6.45, 7) is 18.4. The summed E-state index contributed by atoms with van der Waals surface area (Å²) in [6.07, 6.45) is 5.46. The summed E-state index contributed by atoms with van der Waals surface area (Å²) in [5, 5.41) is 0. The summed E-state index contributed by atoms with van der Waals surface area (Å²) >= 11 is 0. The van der Waals surface area contributed by atoms with Crippen LogP contribution in [0.4, 0.5) is 0 Å². The Hall–Kier alpha value is -1.57. The molecule has 0 aliphatic heterocycles. The zero-order chi connectivity index (χ0) is 16.7. The molecule has 2 heteroatoms. The predicted molar refractivity (Wildman–Crippen MR) is 91.3 cm³/mol. The zero-order valence-corrected chi connectivity index (χ0v) is 14.5. The highest BCUT2D eigenvalue weighted by molar-refractivity contribution is 5.79. The summed E-state index contributed by atoms with van der Waals surface area (Å²) in [5.41, 5.74) is 4.67. The highest BCUT2D eigenvalue weighted by Gasteiger charge is 2.61. The third-order valence-electron chi connectivity index (χ3n) is 5.10. The molecular formula is C20H28O2. The normalized spacial score (nSPS) is 29.3. The van der Waals surface area contributed by atoms with Gasteiger partial charge in [-0.25, -0.2) is 0 Å². The van der Waals surface area contributed by atoms with Crippen LogP contribution in [0.5, 0.6) is 0 Å². The molecular weight excluding hydrogens is 272 g/mol. The Morgan fingerprint density at radius 2 is 2.05 bits per heavy atom. The Morgan fingerprint density at radius 3 is 2.59 bits per heavy atom. The van der Waals surface area contributed by atoms with Gasteiger partial charge in [0.15, 0.2) is 0 Å². The van der Waals surface area contributed by atoms with Gasteiger partial charge in [-0.05, 0) is 55.2 Å². The Morgan fingerprint density at radius 1 is 1.41 bits per heavy atom. The van der Waals surface area contributed by atoms with Crippen LogP contribution < -0.4 is 0 Å². The predicted octanol–water partition coefficient (Wildman–Crippen LogP) is 4.99. The van der Waals surface area contributed by atoms with E-state index in [4.69, 9.17) is 4.74 Å². The van der Waals surface area contributed by atoms with E-state index in [1.165, 1.54) is 11.1 Å². The molecule has 0 N–H and O–H groups in total. The average Bonchev–Trinajstić information content (AvgIpc) is 2.83. The molecule has 22 heavy (non-hydrogen) atoms. The molecule has 0 bridgehead atoms. The van der Waals surface area contributed by atoms with Gasteiger partial charge in [0.2, 0.25) is 0 Å². The van der Waals surface area contributed by atoms with Crippen molar-refractivity contribution < 1.29 is 9.53 Å². The molecule has 0 saturated heterocycles. The van der Waals surface area contributed by atoms with E-state index < -0.39 is 0 Å². The quantitative estimate of drug-likeness (QED) is 0.528. The number of allylic oxidation sites excluding steroid dienone is 4. The molecule has 0 spiro atoms. The molecule has 2 aliphatic carbocycles. The summed E-state index contributed by atoms with van der Waals surface area (Å²) in [4.78, 5) is 12.6. The molecule has 0 aromatic rings. The highest BCUT2D eigenvalue weighted by Crippen LogP contribution is 2.60. The molecule has 1 saturated carbocycles. The van der Waals surface area contributed by atoms with Crippen LogP contribution in [0.2, 0.25) is 0 Å². The molecule has 0 heterocycles. The maximum Gasteiger partial charge on any atom is 0.310 e. The first-order valence-corrected chi connectivity index (χ1v) is 8.04. The van der Waals surface area contributed by atoms with Gasteiger partial charge in [0, 0.05) is 6.42 Å². The molecule has 0 aromatic heterocycles. The van der Waals surface area contributed by atoms with Gasteiger partial charge >= 0.3 is 5.97 Å². The molecule has 0 radical (unpaired) electrons. The highest BCUT2D eigenvalue weighted by atomic mass is 16.5. The molecule has 2 rings (SSSR count). The van der Waals surface area contributed by atoms with E-state index >= 15 is 0 Å². The second kappa shape index (κ2) is 5.91. The molecule has 0 aromatic carbocycles. The molecule has 0 unspecified atom stereocenters. The van der Waals surface area contributed by atoms with Crippen molar-refractivity contribution in [2.75, 3.05) is 0 Å². The van der Waals surface area contributed by atoms with Gasteiger partial charge < -0.3 is 4.74 Å². The van der Waals surface area contributed by atoms with Crippen molar-refractivity contribution in [3.63, 3.8) is 0 Å². The van der Waals surface area contributed by atoms with Crippen molar-refractivity contribution in [2.45, 2.75) is 53.6 Å². The Balaban J connectivity index is 2.07. The number of hydrogen-bond donors (Lipinski definition) is 0. The van der Waals surface area contributed by atoms with Crippen molar-refractivity contribution in [1.82, 2.24) is 0 Å². The number of ether oxygens (including phenoxy) is 1. The molecule has 120 valence electrons. The van der Waals surface area contributed by atoms with Crippen LogP contribution in [0, 0.1) is 17.3 Å². The van der Waals surface area contributed by atoms with E-state index in [0.717, 1.165) is 24.0 Å². The van der Waals surface area contributed by atoms with Crippen LogP contribution in [-0.4, -0.2) is 12.1 Å². The molecule has 0 amide bonds. The lowest BCUT2D eigenvalue weighted by atomic mass is 10.1. The maximum atomic E-state index is 12.6. The Labute approximate surface area is 134 Å². The smallest absolute Gasteiger partial charge is 0.310 e. The lowest BCUT2D eigenvalue weighted by Crippen LogP contribution is -2.20. The third-order valence-corrected chi connectivity index (χ3v) is 5.10. The fourth-order valence-corrected chi connectivity index (χ4v) is 3.56. The number of carbonyl (C=O) groups is 1. The van der Waals surface area contributed by atoms with Crippen molar-refractivity contribution >= 4 is 5.97 Å². The topological polar surface area (TPSA) is 26.3 Å². The fourth-order valence-electron chi connectivity index (χ4n) is 3.56. The fraction of sp³-hybridized carbons (Fsp3) is 0.550. The van der Waals surface area contributed by atoms with Crippen LogP contribution >= 0.6 is 0 Å². The van der Waals surface area contributed by atoms with Gasteiger partial charge in [-0.1, -0.05) is 38.2 Å². The summed E-state index contributed by atoms with van der Waals surface area (Å²) in [7, 11) is 0. The summed E-state index contributed by atoms with van der Waals surface area (Å²) in [6, 6.07) is 0. The van der Waals surface area contributed by atoms with Crippen LogP contribution in [0.15, 0.2) is 47.6 Å². The third kappa shape index (κ3) is 2.97. The van der Waals surface area contributed by atoms with E-state index in [9.17, 15) is 4.79 Å². The van der Waals surface area contributed by atoms with Crippen molar-refractivity contribution in [2.24, 2.45) is 17.3 Å². The van der Waals surface area contributed by atoms with E-state index in [-0.39, 0.29) is 23.4 Å². The van der Waals surface area contributed by atoms with Crippen LogP contribution in [0.1, 0.15) is 47.5 Å². The zero-order valence-electron chi connectivity index (χ0n) is 14.5. The first kappa shape index (κ1) is 16.8. The van der Waals surface area contributed by atoms with Crippen LogP contribution in [0.3, 0.4) is 0 Å². The number of rotatable bonds is 5. The van der Waals surface area contributed by atoms with Crippen molar-refractivity contribution in [3.05, 3.63) is 47.6 Å². The van der Waals surface area contributed by atoms with Crippen molar-refractivity contribution in [3.8, 4) is 0 Å². The SMILES string of the molecule is C=CCC1=C(C)[C@H](OC(=O)[C@@H]2[C@@H](C=C(C)C)C2(C)C)CC1=C. The number of hydrogen-bond acceptors (Lipinski definition) is 2. The minimum atomic E-state index is -0.140. The van der Waals surface area contributed by atoms with Gasteiger partial charge in [-0.2, -0.15) is 0 Å². The molecule has 2 nitrogen and oxygen atoms in total. The number of carbonyl (C=O) groups excluding carboxylic acids is 1. The molecule has 2 aliphatic rings. The maximum absolute atomic E-state index is 12.6.